The van der Waals surface area contributed by atoms with Crippen LogP contribution in [0.4, 0.5) is 13.2 Å². The number of aliphatic imine (C=N–C) groups is 1. The van der Waals surface area contributed by atoms with Crippen LogP contribution in [0.25, 0.3) is 5.65 Å². The van der Waals surface area contributed by atoms with E-state index in [1.54, 1.807) is 7.05 Å². The highest BCUT2D eigenvalue weighted by molar-refractivity contribution is 5.80. The Kier molecular flexibility index (Phi) is 5.59. The molecule has 3 heterocycles. The average molecular weight is 382 g/mol. The van der Waals surface area contributed by atoms with Crippen molar-refractivity contribution in [1.29, 1.82) is 0 Å². The van der Waals surface area contributed by atoms with E-state index in [0.717, 1.165) is 16.9 Å². The zero-order chi connectivity index (χ0) is 19.6. The van der Waals surface area contributed by atoms with Crippen LogP contribution in [0.3, 0.4) is 0 Å². The molecule has 2 aromatic heterocycles. The minimum absolute atomic E-state index is 0.356. The predicted molar refractivity (Wildman–Crippen MR) is 98.8 cm³/mol. The van der Waals surface area contributed by atoms with Gasteiger partial charge in [0.2, 0.25) is 0 Å². The molecule has 1 atom stereocenters. The first-order valence-corrected chi connectivity index (χ1v) is 8.98. The van der Waals surface area contributed by atoms with Crippen molar-refractivity contribution in [1.82, 2.24) is 24.5 Å². The monoisotopic (exact) mass is 382 g/mol. The SMILES string of the molecule is CN=C(NCc1cn2ccc(C)cc2n1)N1CCN(C(C)C(F)(F)F)CC1. The number of alkyl halides is 3. The molecule has 0 aromatic carbocycles. The van der Waals surface area contributed by atoms with Gasteiger partial charge in [-0.15, -0.1) is 0 Å². The van der Waals surface area contributed by atoms with Crippen LogP contribution >= 0.6 is 0 Å². The third-order valence-corrected chi connectivity index (χ3v) is 4.94. The fourth-order valence-electron chi connectivity index (χ4n) is 3.25. The van der Waals surface area contributed by atoms with Crippen molar-refractivity contribution < 1.29 is 13.2 Å². The van der Waals surface area contributed by atoms with Crippen LogP contribution in [0, 0.1) is 6.92 Å². The number of aromatic nitrogens is 2. The Morgan fingerprint density at radius 1 is 1.30 bits per heavy atom. The maximum atomic E-state index is 12.9. The molecule has 0 aliphatic carbocycles. The third-order valence-electron chi connectivity index (χ3n) is 4.94. The van der Waals surface area contributed by atoms with E-state index >= 15 is 0 Å². The van der Waals surface area contributed by atoms with Crippen LogP contribution in [-0.2, 0) is 6.54 Å². The van der Waals surface area contributed by atoms with E-state index in [1.165, 1.54) is 11.8 Å². The molecule has 0 bridgehead atoms. The number of imidazole rings is 1. The Morgan fingerprint density at radius 3 is 2.63 bits per heavy atom. The number of guanidine groups is 1. The first-order valence-electron chi connectivity index (χ1n) is 8.98. The summed E-state index contributed by atoms with van der Waals surface area (Å²) in [6, 6.07) is 2.61. The van der Waals surface area contributed by atoms with Crippen molar-refractivity contribution in [2.45, 2.75) is 32.6 Å². The van der Waals surface area contributed by atoms with Gasteiger partial charge in [-0.2, -0.15) is 13.2 Å². The summed E-state index contributed by atoms with van der Waals surface area (Å²) >= 11 is 0. The van der Waals surface area contributed by atoms with Gasteiger partial charge in [-0.05, 0) is 31.5 Å². The van der Waals surface area contributed by atoms with Gasteiger partial charge in [-0.25, -0.2) is 4.98 Å². The second-order valence-electron chi connectivity index (χ2n) is 6.84. The molecular weight excluding hydrogens is 357 g/mol. The molecule has 0 spiro atoms. The second-order valence-corrected chi connectivity index (χ2v) is 6.84. The minimum atomic E-state index is -4.19. The quantitative estimate of drug-likeness (QED) is 0.654. The van der Waals surface area contributed by atoms with Gasteiger partial charge in [-0.1, -0.05) is 0 Å². The highest BCUT2D eigenvalue weighted by Crippen LogP contribution is 2.25. The first kappa shape index (κ1) is 19.5. The Bertz CT molecular complexity index is 805. The normalized spacial score (nSPS) is 18.1. The van der Waals surface area contributed by atoms with Crippen molar-refractivity contribution in [2.24, 2.45) is 4.99 Å². The van der Waals surface area contributed by atoms with E-state index in [0.29, 0.717) is 38.7 Å². The summed E-state index contributed by atoms with van der Waals surface area (Å²) in [5.41, 5.74) is 2.91. The predicted octanol–water partition coefficient (Wildman–Crippen LogP) is 2.29. The number of piperazine rings is 1. The molecule has 3 rings (SSSR count). The maximum absolute atomic E-state index is 12.9. The largest absolute Gasteiger partial charge is 0.403 e. The van der Waals surface area contributed by atoms with Gasteiger partial charge in [0.05, 0.1) is 12.2 Å². The van der Waals surface area contributed by atoms with E-state index in [1.807, 2.05) is 40.8 Å². The number of nitrogens with one attached hydrogen (secondary N) is 1. The number of hydrogen-bond donors (Lipinski definition) is 1. The first-order chi connectivity index (χ1) is 12.8. The van der Waals surface area contributed by atoms with Crippen molar-refractivity contribution in [3.63, 3.8) is 0 Å². The topological polar surface area (TPSA) is 48.2 Å². The number of aryl methyl sites for hydroxylation is 1. The van der Waals surface area contributed by atoms with E-state index in [4.69, 9.17) is 0 Å². The minimum Gasteiger partial charge on any atom is -0.351 e. The van der Waals surface area contributed by atoms with Crippen molar-refractivity contribution in [3.8, 4) is 0 Å². The number of pyridine rings is 1. The van der Waals surface area contributed by atoms with Gasteiger partial charge >= 0.3 is 6.18 Å². The summed E-state index contributed by atoms with van der Waals surface area (Å²) in [7, 11) is 1.68. The van der Waals surface area contributed by atoms with E-state index < -0.39 is 12.2 Å². The molecule has 1 aliphatic heterocycles. The molecule has 1 unspecified atom stereocenters. The molecular formula is C18H25F3N6. The van der Waals surface area contributed by atoms with Crippen molar-refractivity contribution in [3.05, 3.63) is 35.8 Å². The summed E-state index contributed by atoms with van der Waals surface area (Å²) in [6.07, 6.45) is -0.265. The number of fused-ring (bicyclic) bond motifs is 1. The van der Waals surface area contributed by atoms with Gasteiger partial charge in [0.15, 0.2) is 5.96 Å². The van der Waals surface area contributed by atoms with Crippen LogP contribution in [0.15, 0.2) is 29.5 Å². The lowest BCUT2D eigenvalue weighted by Gasteiger charge is -2.39. The average Bonchev–Trinajstić information content (AvgIpc) is 3.03. The van der Waals surface area contributed by atoms with Gasteiger partial charge < -0.3 is 14.6 Å². The number of nitrogens with zero attached hydrogens (tertiary/aromatic N) is 5. The molecule has 1 aliphatic rings. The van der Waals surface area contributed by atoms with Crippen molar-refractivity contribution in [2.75, 3.05) is 33.2 Å². The highest BCUT2D eigenvalue weighted by atomic mass is 19.4. The second kappa shape index (κ2) is 7.75. The molecule has 1 fully saturated rings. The summed E-state index contributed by atoms with van der Waals surface area (Å²) in [5, 5.41) is 3.26. The van der Waals surface area contributed by atoms with E-state index in [2.05, 4.69) is 15.3 Å². The van der Waals surface area contributed by atoms with Crippen molar-refractivity contribution >= 4 is 11.6 Å². The summed E-state index contributed by atoms with van der Waals surface area (Å²) in [4.78, 5) is 12.3. The molecule has 6 nitrogen and oxygen atoms in total. The van der Waals surface area contributed by atoms with Crippen LogP contribution in [-0.4, -0.2) is 70.6 Å². The van der Waals surface area contributed by atoms with Crippen LogP contribution in [0.2, 0.25) is 0 Å². The lowest BCUT2D eigenvalue weighted by atomic mass is 10.2. The Balaban J connectivity index is 1.56. The molecule has 27 heavy (non-hydrogen) atoms. The van der Waals surface area contributed by atoms with Crippen LogP contribution in [0.1, 0.15) is 18.2 Å². The summed E-state index contributed by atoms with van der Waals surface area (Å²) in [6.45, 7) is 5.47. The molecule has 1 saturated heterocycles. The molecule has 9 heteroatoms. The number of halogens is 3. The molecule has 0 radical (unpaired) electrons. The fraction of sp³-hybridized carbons (Fsp3) is 0.556. The molecule has 148 valence electrons. The molecule has 0 saturated carbocycles. The standard InChI is InChI=1S/C18H25F3N6/c1-13-4-5-27-12-15(24-16(27)10-13)11-23-17(22-3)26-8-6-25(7-9-26)14(2)18(19,20)21/h4-5,10,12,14H,6-9,11H2,1-3H3,(H,22,23). The van der Waals surface area contributed by atoms with E-state index in [-0.39, 0.29) is 0 Å². The Morgan fingerprint density at radius 2 is 2.00 bits per heavy atom. The Hall–Kier alpha value is -2.29. The molecule has 0 amide bonds. The summed E-state index contributed by atoms with van der Waals surface area (Å²) in [5.74, 6) is 0.683. The zero-order valence-corrected chi connectivity index (χ0v) is 15.8. The maximum Gasteiger partial charge on any atom is 0.403 e. The zero-order valence-electron chi connectivity index (χ0n) is 15.8. The molecule has 1 N–H and O–H groups in total. The Labute approximate surface area is 156 Å². The van der Waals surface area contributed by atoms with Crippen LogP contribution in [0.5, 0.6) is 0 Å². The lowest BCUT2D eigenvalue weighted by molar-refractivity contribution is -0.181. The van der Waals surface area contributed by atoms with E-state index in [9.17, 15) is 13.2 Å². The molecule has 2 aromatic rings. The van der Waals surface area contributed by atoms with Crippen LogP contribution < -0.4 is 5.32 Å². The lowest BCUT2D eigenvalue weighted by Crippen LogP contribution is -2.56. The van der Waals surface area contributed by atoms with Gasteiger partial charge in [0.25, 0.3) is 0 Å². The smallest absolute Gasteiger partial charge is 0.351 e. The number of hydrogen-bond acceptors (Lipinski definition) is 3. The summed E-state index contributed by atoms with van der Waals surface area (Å²) < 4.78 is 40.6. The van der Waals surface area contributed by atoms with Gasteiger partial charge in [0, 0.05) is 45.6 Å². The fourth-order valence-corrected chi connectivity index (χ4v) is 3.25. The van der Waals surface area contributed by atoms with Gasteiger partial charge in [-0.3, -0.25) is 9.89 Å². The number of rotatable bonds is 3. The van der Waals surface area contributed by atoms with Gasteiger partial charge in [0.1, 0.15) is 11.7 Å². The highest BCUT2D eigenvalue weighted by Gasteiger charge is 2.41. The third kappa shape index (κ3) is 4.52.